The van der Waals surface area contributed by atoms with Gasteiger partial charge in [-0.2, -0.15) is 0 Å². The Balaban J connectivity index is 2.52. The Bertz CT molecular complexity index is 303. The van der Waals surface area contributed by atoms with Crippen molar-refractivity contribution in [3.8, 4) is 0 Å². The maximum atomic E-state index is 11.5. The van der Waals surface area contributed by atoms with Crippen molar-refractivity contribution in [2.75, 3.05) is 6.54 Å². The Morgan fingerprint density at radius 1 is 1.36 bits per heavy atom. The van der Waals surface area contributed by atoms with Crippen LogP contribution in [-0.4, -0.2) is 17.3 Å². The van der Waals surface area contributed by atoms with Crippen molar-refractivity contribution in [1.29, 1.82) is 0 Å². The number of carbonyl (C=O) groups excluding carboxylic acids is 1. The molecule has 0 fully saturated rings. The van der Waals surface area contributed by atoms with Crippen LogP contribution in [0.5, 0.6) is 0 Å². The van der Waals surface area contributed by atoms with Crippen molar-refractivity contribution in [1.82, 2.24) is 5.32 Å². The maximum absolute atomic E-state index is 11.5. The summed E-state index contributed by atoms with van der Waals surface area (Å²) in [5.74, 6) is -0.0840. The molecule has 0 atom stereocenters. The van der Waals surface area contributed by atoms with Gasteiger partial charge in [0.15, 0.2) is 0 Å². The van der Waals surface area contributed by atoms with Crippen LogP contribution in [0.3, 0.4) is 0 Å². The maximum Gasteiger partial charge on any atom is 0.251 e. The first-order valence-corrected chi connectivity index (χ1v) is 4.89. The number of amides is 1. The van der Waals surface area contributed by atoms with Gasteiger partial charge in [-0.1, -0.05) is 18.2 Å². The van der Waals surface area contributed by atoms with Gasteiger partial charge in [0.05, 0.1) is 4.87 Å². The van der Waals surface area contributed by atoms with E-state index in [1.165, 1.54) is 0 Å². The molecule has 0 bridgehead atoms. The first-order chi connectivity index (χ1) is 6.49. The zero-order chi connectivity index (χ0) is 10.6. The third-order valence-corrected chi connectivity index (χ3v) is 1.84. The van der Waals surface area contributed by atoms with Crippen molar-refractivity contribution < 1.29 is 4.79 Å². The fourth-order valence-corrected chi connectivity index (χ4v) is 1.05. The van der Waals surface area contributed by atoms with Crippen LogP contribution in [0.15, 0.2) is 30.3 Å². The minimum Gasteiger partial charge on any atom is -0.350 e. The molecule has 14 heavy (non-hydrogen) atoms. The van der Waals surface area contributed by atoms with Gasteiger partial charge in [0.1, 0.15) is 0 Å². The van der Waals surface area contributed by atoms with Crippen LogP contribution in [0, 0.1) is 0 Å². The van der Waals surface area contributed by atoms with Crippen LogP contribution in [0.1, 0.15) is 24.2 Å². The van der Waals surface area contributed by atoms with E-state index in [9.17, 15) is 4.79 Å². The summed E-state index contributed by atoms with van der Waals surface area (Å²) in [6.45, 7) is 4.18. The van der Waals surface area contributed by atoms with Gasteiger partial charge in [0.2, 0.25) is 0 Å². The number of halogens is 1. The third-order valence-electron chi connectivity index (χ3n) is 1.71. The van der Waals surface area contributed by atoms with E-state index in [2.05, 4.69) is 5.32 Å². The second-order valence-electron chi connectivity index (χ2n) is 3.77. The lowest BCUT2D eigenvalue weighted by Crippen LogP contribution is -2.34. The summed E-state index contributed by atoms with van der Waals surface area (Å²) >= 11 is 5.95. The SMILES string of the molecule is CC(C)(Cl)CNC(=O)c1ccccc1. The molecule has 0 radical (unpaired) electrons. The molecule has 0 unspecified atom stereocenters. The Kier molecular flexibility index (Phi) is 3.53. The van der Waals surface area contributed by atoms with Crippen molar-refractivity contribution in [3.63, 3.8) is 0 Å². The van der Waals surface area contributed by atoms with E-state index in [1.54, 1.807) is 12.1 Å². The number of alkyl halides is 1. The molecule has 76 valence electrons. The average molecular weight is 212 g/mol. The van der Waals surface area contributed by atoms with E-state index < -0.39 is 4.87 Å². The molecular formula is C11H14ClNO. The van der Waals surface area contributed by atoms with E-state index >= 15 is 0 Å². The molecule has 0 aromatic heterocycles. The van der Waals surface area contributed by atoms with E-state index in [0.717, 1.165) is 0 Å². The number of benzene rings is 1. The normalized spacial score (nSPS) is 11.1. The van der Waals surface area contributed by atoms with E-state index in [4.69, 9.17) is 11.6 Å². The Morgan fingerprint density at radius 2 is 1.93 bits per heavy atom. The number of hydrogen-bond acceptors (Lipinski definition) is 1. The number of carbonyl (C=O) groups is 1. The minimum absolute atomic E-state index is 0.0840. The van der Waals surface area contributed by atoms with Crippen molar-refractivity contribution in [3.05, 3.63) is 35.9 Å². The van der Waals surface area contributed by atoms with Crippen LogP contribution in [0.25, 0.3) is 0 Å². The predicted octanol–water partition coefficient (Wildman–Crippen LogP) is 2.43. The first kappa shape index (κ1) is 11.1. The molecule has 0 aliphatic carbocycles. The van der Waals surface area contributed by atoms with E-state index in [0.29, 0.717) is 12.1 Å². The zero-order valence-electron chi connectivity index (χ0n) is 8.38. The molecule has 0 aliphatic heterocycles. The Hall–Kier alpha value is -1.02. The largest absolute Gasteiger partial charge is 0.350 e. The molecule has 0 saturated heterocycles. The molecule has 0 spiro atoms. The molecule has 0 aliphatic rings. The fourth-order valence-electron chi connectivity index (χ4n) is 0.982. The quantitative estimate of drug-likeness (QED) is 0.765. The summed E-state index contributed by atoms with van der Waals surface area (Å²) in [6.07, 6.45) is 0. The van der Waals surface area contributed by atoms with Gasteiger partial charge in [-0.3, -0.25) is 4.79 Å². The molecule has 0 saturated carbocycles. The highest BCUT2D eigenvalue weighted by Gasteiger charge is 2.14. The summed E-state index contributed by atoms with van der Waals surface area (Å²) in [7, 11) is 0. The highest BCUT2D eigenvalue weighted by molar-refractivity contribution is 6.23. The summed E-state index contributed by atoms with van der Waals surface area (Å²) in [4.78, 5) is 11.1. The lowest BCUT2D eigenvalue weighted by atomic mass is 10.2. The summed E-state index contributed by atoms with van der Waals surface area (Å²) in [6, 6.07) is 9.09. The molecular weight excluding hydrogens is 198 g/mol. The van der Waals surface area contributed by atoms with Gasteiger partial charge in [-0.15, -0.1) is 11.6 Å². The summed E-state index contributed by atoms with van der Waals surface area (Å²) in [5.41, 5.74) is 0.661. The fraction of sp³-hybridized carbons (Fsp3) is 0.364. The van der Waals surface area contributed by atoms with Crippen LogP contribution in [0.2, 0.25) is 0 Å². The van der Waals surface area contributed by atoms with Crippen LogP contribution >= 0.6 is 11.6 Å². The second kappa shape index (κ2) is 4.47. The number of nitrogens with one attached hydrogen (secondary N) is 1. The smallest absolute Gasteiger partial charge is 0.251 e. The molecule has 0 heterocycles. The monoisotopic (exact) mass is 211 g/mol. The second-order valence-corrected chi connectivity index (χ2v) is 4.79. The topological polar surface area (TPSA) is 29.1 Å². The van der Waals surface area contributed by atoms with Crippen molar-refractivity contribution >= 4 is 17.5 Å². The number of rotatable bonds is 3. The Morgan fingerprint density at radius 3 is 2.43 bits per heavy atom. The summed E-state index contributed by atoms with van der Waals surface area (Å²) < 4.78 is 0. The third kappa shape index (κ3) is 3.79. The highest BCUT2D eigenvalue weighted by Crippen LogP contribution is 2.10. The zero-order valence-corrected chi connectivity index (χ0v) is 9.14. The molecule has 1 rings (SSSR count). The Labute approximate surface area is 89.3 Å². The van der Waals surface area contributed by atoms with Gasteiger partial charge in [-0.25, -0.2) is 0 Å². The lowest BCUT2D eigenvalue weighted by molar-refractivity contribution is 0.0950. The van der Waals surface area contributed by atoms with E-state index in [-0.39, 0.29) is 5.91 Å². The molecule has 1 N–H and O–H groups in total. The van der Waals surface area contributed by atoms with E-state index in [1.807, 2.05) is 32.0 Å². The summed E-state index contributed by atoms with van der Waals surface area (Å²) in [5, 5.41) is 2.77. The molecule has 1 amide bonds. The highest BCUT2D eigenvalue weighted by atomic mass is 35.5. The number of hydrogen-bond donors (Lipinski definition) is 1. The van der Waals surface area contributed by atoms with Crippen LogP contribution in [0.4, 0.5) is 0 Å². The minimum atomic E-state index is -0.398. The molecule has 3 heteroatoms. The standard InChI is InChI=1S/C11H14ClNO/c1-11(2,12)8-13-10(14)9-6-4-3-5-7-9/h3-7H,8H2,1-2H3,(H,13,14). The molecule has 1 aromatic carbocycles. The average Bonchev–Trinajstić information content (AvgIpc) is 2.14. The van der Waals surface area contributed by atoms with Gasteiger partial charge >= 0.3 is 0 Å². The first-order valence-electron chi connectivity index (χ1n) is 4.51. The van der Waals surface area contributed by atoms with Crippen LogP contribution < -0.4 is 5.32 Å². The molecule has 2 nitrogen and oxygen atoms in total. The van der Waals surface area contributed by atoms with Crippen molar-refractivity contribution in [2.45, 2.75) is 18.7 Å². The lowest BCUT2D eigenvalue weighted by Gasteiger charge is -2.16. The van der Waals surface area contributed by atoms with Gasteiger partial charge in [-0.05, 0) is 26.0 Å². The van der Waals surface area contributed by atoms with Crippen LogP contribution in [-0.2, 0) is 0 Å². The van der Waals surface area contributed by atoms with Crippen molar-refractivity contribution in [2.24, 2.45) is 0 Å². The predicted molar refractivity (Wildman–Crippen MR) is 58.7 cm³/mol. The molecule has 1 aromatic rings. The van der Waals surface area contributed by atoms with Gasteiger partial charge in [0.25, 0.3) is 5.91 Å². The van der Waals surface area contributed by atoms with Gasteiger partial charge < -0.3 is 5.32 Å². The van der Waals surface area contributed by atoms with Gasteiger partial charge in [0, 0.05) is 12.1 Å².